The van der Waals surface area contributed by atoms with Gasteiger partial charge < -0.3 is 30.7 Å². The molecule has 0 saturated carbocycles. The lowest BCUT2D eigenvalue weighted by molar-refractivity contribution is -0.116. The van der Waals surface area contributed by atoms with Crippen molar-refractivity contribution in [2.75, 3.05) is 51.4 Å². The SMILES string of the molecule is C=C(C)C1(CCC)CC(N)C(COC)CO1.C=CC(=O)NCCCCNC1CN(c2cc(C)nc(C(F)P)c2CCC)C1.CC.CCC. The van der Waals surface area contributed by atoms with Crippen LogP contribution in [-0.4, -0.2) is 75.1 Å². The Labute approximate surface area is 295 Å². The van der Waals surface area contributed by atoms with Gasteiger partial charge in [0.2, 0.25) is 5.91 Å². The van der Waals surface area contributed by atoms with Crippen LogP contribution in [0.15, 0.2) is 30.9 Å². The smallest absolute Gasteiger partial charge is 0.243 e. The highest BCUT2D eigenvalue weighted by Gasteiger charge is 2.40. The van der Waals surface area contributed by atoms with Crippen LogP contribution in [-0.2, 0) is 20.7 Å². The fourth-order valence-electron chi connectivity index (χ4n) is 5.84. The van der Waals surface area contributed by atoms with Gasteiger partial charge in [0.05, 0.1) is 24.5 Å². The number of alkyl halides is 1. The van der Waals surface area contributed by atoms with Crippen LogP contribution in [0.1, 0.15) is 116 Å². The molecule has 2 aliphatic heterocycles. The van der Waals surface area contributed by atoms with Crippen LogP contribution in [0.3, 0.4) is 0 Å². The van der Waals surface area contributed by atoms with E-state index in [4.69, 9.17) is 15.2 Å². The summed E-state index contributed by atoms with van der Waals surface area (Å²) in [4.78, 5) is 17.8. The second kappa shape index (κ2) is 26.0. The van der Waals surface area contributed by atoms with E-state index in [2.05, 4.69) is 76.7 Å². The predicted molar refractivity (Wildman–Crippen MR) is 207 cm³/mol. The number of pyridine rings is 1. The number of carbonyl (C=O) groups is 1. The first-order valence-corrected chi connectivity index (χ1v) is 18.9. The van der Waals surface area contributed by atoms with E-state index in [-0.39, 0.29) is 17.6 Å². The Kier molecular flexibility index (Phi) is 25.0. The number of nitrogens with one attached hydrogen (secondary N) is 2. The number of hydrogen-bond donors (Lipinski definition) is 3. The molecule has 1 aromatic heterocycles. The summed E-state index contributed by atoms with van der Waals surface area (Å²) in [5.74, 6) is -0.926. The molecule has 48 heavy (non-hydrogen) atoms. The van der Waals surface area contributed by atoms with E-state index in [1.165, 1.54) is 12.5 Å². The summed E-state index contributed by atoms with van der Waals surface area (Å²) in [7, 11) is 3.94. The molecule has 0 spiro atoms. The van der Waals surface area contributed by atoms with E-state index in [0.29, 0.717) is 37.4 Å². The average molecular weight is 696 g/mol. The zero-order chi connectivity index (χ0) is 36.7. The average Bonchev–Trinajstić information content (AvgIpc) is 3.03. The van der Waals surface area contributed by atoms with Crippen molar-refractivity contribution in [2.45, 2.75) is 130 Å². The van der Waals surface area contributed by atoms with Crippen molar-refractivity contribution in [2.24, 2.45) is 11.7 Å². The maximum Gasteiger partial charge on any atom is 0.243 e. The number of aryl methyl sites for hydroxylation is 1. The Morgan fingerprint density at radius 1 is 1.25 bits per heavy atom. The number of rotatable bonds is 16. The molecule has 3 heterocycles. The highest BCUT2D eigenvalue weighted by Crippen LogP contribution is 2.37. The van der Waals surface area contributed by atoms with Crippen LogP contribution in [0.4, 0.5) is 10.1 Å². The van der Waals surface area contributed by atoms with Gasteiger partial charge in [-0.15, -0.1) is 0 Å². The molecule has 0 radical (unpaired) electrons. The molecule has 1 amide bonds. The minimum atomic E-state index is -1.12. The van der Waals surface area contributed by atoms with Gasteiger partial charge in [0.15, 0.2) is 5.91 Å². The second-order valence-electron chi connectivity index (χ2n) is 12.7. The molecule has 10 heteroatoms. The van der Waals surface area contributed by atoms with E-state index in [0.717, 1.165) is 87.1 Å². The molecule has 2 saturated heterocycles. The highest BCUT2D eigenvalue weighted by molar-refractivity contribution is 7.16. The topological polar surface area (TPSA) is 102 Å². The quantitative estimate of drug-likeness (QED) is 0.0709. The molecule has 0 bridgehead atoms. The number of methoxy groups -OCH3 is 1. The summed E-state index contributed by atoms with van der Waals surface area (Å²) < 4.78 is 25.2. The van der Waals surface area contributed by atoms with Crippen LogP contribution < -0.4 is 21.3 Å². The van der Waals surface area contributed by atoms with Gasteiger partial charge in [-0.05, 0) is 70.2 Å². The molecule has 2 fully saturated rings. The first kappa shape index (κ1) is 46.1. The Balaban J connectivity index is 0.000000893. The van der Waals surface area contributed by atoms with Crippen LogP contribution in [0.5, 0.6) is 0 Å². The van der Waals surface area contributed by atoms with Crippen molar-refractivity contribution in [1.29, 1.82) is 0 Å². The van der Waals surface area contributed by atoms with Gasteiger partial charge >= 0.3 is 0 Å². The van der Waals surface area contributed by atoms with Gasteiger partial charge in [0.1, 0.15) is 0 Å². The number of nitrogens with zero attached hydrogens (tertiary/aromatic N) is 2. The first-order chi connectivity index (χ1) is 22.9. The van der Waals surface area contributed by atoms with Crippen molar-refractivity contribution < 1.29 is 18.7 Å². The van der Waals surface area contributed by atoms with Crippen molar-refractivity contribution in [3.8, 4) is 0 Å². The minimum absolute atomic E-state index is 0.117. The standard InChI is InChI=1S/C20H32FN4OP.C13H25NO2.C3H8.C2H6/c1-4-8-16-17(11-14(3)24-19(16)20(21)27)25-12-15(13-25)22-9-6-7-10-23-18(26)5-2;1-5-6-13(10(2)3)7-12(14)11(8-15-4)9-16-13;1-3-2;1-2/h5,11,15,20,22H,2,4,6-10,12-13,27H2,1,3H3,(H,23,26);11-12H,2,5-9,14H2,1,3-4H3;3H2,1-2H3;1-2H3. The van der Waals surface area contributed by atoms with Crippen LogP contribution in [0, 0.1) is 12.8 Å². The van der Waals surface area contributed by atoms with Crippen LogP contribution in [0.2, 0.25) is 0 Å². The molecule has 5 atom stereocenters. The second-order valence-corrected chi connectivity index (χ2v) is 13.3. The van der Waals surface area contributed by atoms with Crippen molar-refractivity contribution >= 4 is 20.8 Å². The number of halogens is 1. The normalized spacial score (nSPS) is 20.8. The molecular formula is C38H71FN5O3P. The number of carbonyl (C=O) groups excluding carboxylic acids is 1. The molecule has 4 N–H and O–H groups in total. The monoisotopic (exact) mass is 696 g/mol. The van der Waals surface area contributed by atoms with Gasteiger partial charge in [0, 0.05) is 61.7 Å². The number of aromatic nitrogens is 1. The van der Waals surface area contributed by atoms with Crippen molar-refractivity contribution in [1.82, 2.24) is 15.6 Å². The zero-order valence-corrected chi connectivity index (χ0v) is 33.1. The van der Waals surface area contributed by atoms with Crippen LogP contribution >= 0.6 is 9.24 Å². The third-order valence-electron chi connectivity index (χ3n) is 8.32. The third-order valence-corrected chi connectivity index (χ3v) is 8.64. The number of hydrogen-bond acceptors (Lipinski definition) is 7. The lowest BCUT2D eigenvalue weighted by atomic mass is 9.79. The van der Waals surface area contributed by atoms with E-state index < -0.39 is 5.91 Å². The third kappa shape index (κ3) is 15.8. The van der Waals surface area contributed by atoms with Gasteiger partial charge in [0.25, 0.3) is 0 Å². The van der Waals surface area contributed by atoms with Gasteiger partial charge in [-0.3, -0.25) is 9.78 Å². The molecule has 2 aliphatic rings. The summed E-state index contributed by atoms with van der Waals surface area (Å²) in [6, 6.07) is 2.69. The zero-order valence-electron chi connectivity index (χ0n) is 31.9. The maximum atomic E-state index is 14.0. The summed E-state index contributed by atoms with van der Waals surface area (Å²) in [6.07, 6.45) is 9.29. The number of ether oxygens (including phenoxy) is 2. The van der Waals surface area contributed by atoms with Crippen molar-refractivity contribution in [3.63, 3.8) is 0 Å². The summed E-state index contributed by atoms with van der Waals surface area (Å²) in [6.45, 7) is 28.8. The van der Waals surface area contributed by atoms with Gasteiger partial charge in [-0.1, -0.05) is 83.2 Å². The molecule has 278 valence electrons. The Morgan fingerprint density at radius 2 is 1.88 bits per heavy atom. The maximum absolute atomic E-state index is 14.0. The molecule has 1 aromatic rings. The predicted octanol–water partition coefficient (Wildman–Crippen LogP) is 7.60. The summed E-state index contributed by atoms with van der Waals surface area (Å²) >= 11 is 0. The summed E-state index contributed by atoms with van der Waals surface area (Å²) in [5.41, 5.74) is 10.7. The Morgan fingerprint density at radius 3 is 2.38 bits per heavy atom. The van der Waals surface area contributed by atoms with Gasteiger partial charge in [-0.2, -0.15) is 0 Å². The van der Waals surface area contributed by atoms with Crippen LogP contribution in [0.25, 0.3) is 0 Å². The first-order valence-electron chi connectivity index (χ1n) is 18.3. The highest BCUT2D eigenvalue weighted by atomic mass is 31.0. The van der Waals surface area contributed by atoms with E-state index >= 15 is 0 Å². The summed E-state index contributed by atoms with van der Waals surface area (Å²) in [5, 5.41) is 6.34. The molecular weight excluding hydrogens is 624 g/mol. The minimum Gasteiger partial charge on any atom is -0.384 e. The Hall–Kier alpha value is -1.90. The molecule has 3 rings (SSSR count). The van der Waals surface area contributed by atoms with Crippen molar-refractivity contribution in [3.05, 3.63) is 47.8 Å². The van der Waals surface area contributed by atoms with E-state index in [9.17, 15) is 9.18 Å². The molecule has 0 aliphatic carbocycles. The van der Waals surface area contributed by atoms with Gasteiger partial charge in [-0.25, -0.2) is 4.39 Å². The van der Waals surface area contributed by atoms with E-state index in [1.807, 2.05) is 27.7 Å². The molecule has 5 unspecified atom stereocenters. The number of nitrogens with two attached hydrogens (primary N) is 1. The fraction of sp³-hybridized carbons (Fsp3) is 0.737. The lowest BCUT2D eigenvalue weighted by Crippen LogP contribution is -2.58. The Bertz CT molecular complexity index is 1050. The molecule has 8 nitrogen and oxygen atoms in total. The number of amides is 1. The number of unbranched alkanes of at least 4 members (excludes halogenated alkanes) is 1. The molecule has 0 aromatic carbocycles. The number of anilines is 1. The van der Waals surface area contributed by atoms with E-state index in [1.54, 1.807) is 7.11 Å². The largest absolute Gasteiger partial charge is 0.384 e. The fourth-order valence-corrected chi connectivity index (χ4v) is 6.11. The lowest BCUT2D eigenvalue weighted by Gasteiger charge is -2.44.